The minimum absolute atomic E-state index is 0.0803. The normalized spacial score (nSPS) is 17.9. The number of nitrogens with zero attached hydrogens (tertiary/aromatic N) is 4. The Hall–Kier alpha value is -2.95. The summed E-state index contributed by atoms with van der Waals surface area (Å²) in [5, 5.41) is 0. The van der Waals surface area contributed by atoms with Crippen molar-refractivity contribution in [1.82, 2.24) is 19.5 Å². The summed E-state index contributed by atoms with van der Waals surface area (Å²) in [6.45, 7) is 0.250. The molecule has 2 unspecified atom stereocenters. The van der Waals surface area contributed by atoms with Crippen molar-refractivity contribution in [3.63, 3.8) is 0 Å². The molecule has 4 rings (SSSR count). The molecule has 2 atom stereocenters. The molecule has 1 aliphatic rings. The molecule has 2 N–H and O–H groups in total. The van der Waals surface area contributed by atoms with Gasteiger partial charge in [-0.3, -0.25) is 8.78 Å². The highest BCUT2D eigenvalue weighted by Gasteiger charge is 2.24. The fourth-order valence-electron chi connectivity index (χ4n) is 3.00. The molecule has 1 aliphatic heterocycles. The smallest absolute Gasteiger partial charge is 0.220 e. The molecule has 3 aromatic rings. The van der Waals surface area contributed by atoms with Gasteiger partial charge in [0.2, 0.25) is 5.95 Å². The van der Waals surface area contributed by atoms with Crippen LogP contribution in [0.1, 0.15) is 12.6 Å². The second kappa shape index (κ2) is 7.58. The van der Waals surface area contributed by atoms with Crippen LogP contribution in [0.15, 0.2) is 53.8 Å². The fraction of sp³-hybridized carbons (Fsp3) is 0.167. The van der Waals surface area contributed by atoms with Crippen LogP contribution in [0.25, 0.3) is 22.6 Å². The van der Waals surface area contributed by atoms with Gasteiger partial charge in [-0.05, 0) is 47.5 Å². The Kier molecular flexibility index (Phi) is 4.99. The van der Waals surface area contributed by atoms with Crippen molar-refractivity contribution in [1.29, 1.82) is 0 Å². The van der Waals surface area contributed by atoms with Crippen molar-refractivity contribution in [2.45, 2.75) is 12.6 Å². The molecule has 8 nitrogen and oxygen atoms in total. The van der Waals surface area contributed by atoms with Gasteiger partial charge in [0, 0.05) is 23.1 Å². The minimum Gasteiger partial charge on any atom is -0.769 e. The highest BCUT2D eigenvalue weighted by Crippen LogP contribution is 2.34. The largest absolute Gasteiger partial charge is 0.769 e. The predicted octanol–water partition coefficient (Wildman–Crippen LogP) is 2.41. The number of rotatable bonds is 4. The summed E-state index contributed by atoms with van der Waals surface area (Å²) in [6, 6.07) is 7.54. The lowest BCUT2D eigenvalue weighted by Crippen LogP contribution is -2.18. The maximum atomic E-state index is 13.3. The van der Waals surface area contributed by atoms with Gasteiger partial charge in [0.1, 0.15) is 5.82 Å². The van der Waals surface area contributed by atoms with E-state index >= 15 is 0 Å². The molecule has 0 saturated heterocycles. The van der Waals surface area contributed by atoms with E-state index in [4.69, 9.17) is 10.5 Å². The summed E-state index contributed by atoms with van der Waals surface area (Å²) in [5.74, 6) is -0.283. The Morgan fingerprint density at radius 2 is 2.04 bits per heavy atom. The van der Waals surface area contributed by atoms with Gasteiger partial charge in [0.05, 0.1) is 30.0 Å². The first-order valence-corrected chi connectivity index (χ1v) is 9.43. The molecule has 3 heterocycles. The SMILES string of the molecule is Nc1nccc(-c2c(-c3ccc(F)cc3)ncn2C2C=C(S(=O)[O-])CCO2)n1. The number of hydrogen-bond acceptors (Lipinski definition) is 7. The minimum atomic E-state index is -2.32. The summed E-state index contributed by atoms with van der Waals surface area (Å²) in [4.78, 5) is 12.9. The van der Waals surface area contributed by atoms with Gasteiger partial charge in [-0.15, -0.1) is 0 Å². The molecular weight excluding hydrogens is 385 g/mol. The lowest BCUT2D eigenvalue weighted by Gasteiger charge is -2.25. The van der Waals surface area contributed by atoms with Crippen LogP contribution in [0.5, 0.6) is 0 Å². The molecule has 0 radical (unpaired) electrons. The molecule has 10 heteroatoms. The van der Waals surface area contributed by atoms with Crippen molar-refractivity contribution in [3.05, 3.63) is 59.7 Å². The third kappa shape index (κ3) is 3.57. The Morgan fingerprint density at radius 3 is 2.75 bits per heavy atom. The number of hydrogen-bond donors (Lipinski definition) is 1. The van der Waals surface area contributed by atoms with Crippen LogP contribution in [-0.2, 0) is 15.8 Å². The second-order valence-corrected chi connectivity index (χ2v) is 7.03. The van der Waals surface area contributed by atoms with E-state index in [9.17, 15) is 13.2 Å². The molecule has 0 bridgehead atoms. The number of aromatic nitrogens is 4. The Morgan fingerprint density at radius 1 is 1.25 bits per heavy atom. The van der Waals surface area contributed by atoms with Crippen LogP contribution < -0.4 is 5.73 Å². The molecule has 2 aromatic heterocycles. The summed E-state index contributed by atoms with van der Waals surface area (Å²) >= 11 is -2.32. The van der Waals surface area contributed by atoms with Gasteiger partial charge in [0.15, 0.2) is 6.23 Å². The van der Waals surface area contributed by atoms with Gasteiger partial charge in [-0.25, -0.2) is 19.3 Å². The fourth-order valence-corrected chi connectivity index (χ4v) is 3.48. The van der Waals surface area contributed by atoms with Gasteiger partial charge < -0.3 is 15.0 Å². The van der Waals surface area contributed by atoms with Crippen molar-refractivity contribution in [3.8, 4) is 22.6 Å². The van der Waals surface area contributed by atoms with Crippen LogP contribution in [0.3, 0.4) is 0 Å². The average Bonchev–Trinajstić information content (AvgIpc) is 3.14. The van der Waals surface area contributed by atoms with Crippen molar-refractivity contribution in [2.75, 3.05) is 12.3 Å². The number of anilines is 1. The van der Waals surface area contributed by atoms with E-state index in [2.05, 4.69) is 15.0 Å². The Balaban J connectivity index is 1.89. The Labute approximate surface area is 162 Å². The number of benzene rings is 1. The van der Waals surface area contributed by atoms with Crippen molar-refractivity contribution < 1.29 is 17.9 Å². The summed E-state index contributed by atoms with van der Waals surface area (Å²) in [6.07, 6.45) is 4.19. The van der Waals surface area contributed by atoms with Crippen LogP contribution in [0.2, 0.25) is 0 Å². The van der Waals surface area contributed by atoms with Gasteiger partial charge in [-0.1, -0.05) is 0 Å². The summed E-state index contributed by atoms with van der Waals surface area (Å²) in [7, 11) is 0. The van der Waals surface area contributed by atoms with Crippen LogP contribution in [0, 0.1) is 5.82 Å². The maximum absolute atomic E-state index is 13.3. The van der Waals surface area contributed by atoms with Crippen molar-refractivity contribution in [2.24, 2.45) is 0 Å². The van der Waals surface area contributed by atoms with E-state index < -0.39 is 17.3 Å². The first kappa shape index (κ1) is 18.4. The van der Waals surface area contributed by atoms with Crippen LogP contribution in [0.4, 0.5) is 10.3 Å². The molecule has 0 saturated carbocycles. The zero-order valence-electron chi connectivity index (χ0n) is 14.5. The van der Waals surface area contributed by atoms with Crippen LogP contribution >= 0.6 is 0 Å². The number of nitrogen functional groups attached to an aromatic ring is 1. The molecule has 0 amide bonds. The van der Waals surface area contributed by atoms with Crippen LogP contribution in [-0.4, -0.2) is 34.9 Å². The lowest BCUT2D eigenvalue weighted by atomic mass is 10.1. The number of nitrogens with two attached hydrogens (primary N) is 1. The standard InChI is InChI=1S/C18H16FN5O3S/c19-12-3-1-11(2-4-12)16-17(14-5-7-21-18(20)23-14)24(10-22-16)15-9-13(28(25)26)6-8-27-15/h1-5,7,9-10,15H,6,8H2,(H,25,26)(H2,20,21,23)/p-1. The van der Waals surface area contributed by atoms with E-state index in [1.165, 1.54) is 30.7 Å². The van der Waals surface area contributed by atoms with E-state index in [0.717, 1.165) is 0 Å². The molecule has 1 aromatic carbocycles. The highest BCUT2D eigenvalue weighted by molar-refractivity contribution is 7.83. The topological polar surface area (TPSA) is 119 Å². The van der Waals surface area contributed by atoms with Gasteiger partial charge in [0.25, 0.3) is 0 Å². The van der Waals surface area contributed by atoms with E-state index in [1.54, 1.807) is 22.8 Å². The monoisotopic (exact) mass is 400 g/mol. The zero-order valence-corrected chi connectivity index (χ0v) is 15.3. The third-order valence-electron chi connectivity index (χ3n) is 4.28. The zero-order chi connectivity index (χ0) is 19.7. The molecule has 144 valence electrons. The summed E-state index contributed by atoms with van der Waals surface area (Å²) in [5.41, 5.74) is 7.98. The third-order valence-corrected chi connectivity index (χ3v) is 5.05. The molecule has 0 spiro atoms. The molecule has 0 fully saturated rings. The molecule has 0 aliphatic carbocycles. The first-order valence-electron chi connectivity index (χ1n) is 8.36. The van der Waals surface area contributed by atoms with Gasteiger partial charge >= 0.3 is 0 Å². The predicted molar refractivity (Wildman–Crippen MR) is 99.7 cm³/mol. The summed E-state index contributed by atoms with van der Waals surface area (Å²) < 4.78 is 43.5. The Bertz CT molecular complexity index is 1070. The maximum Gasteiger partial charge on any atom is 0.220 e. The van der Waals surface area contributed by atoms with Gasteiger partial charge in [-0.2, -0.15) is 0 Å². The van der Waals surface area contributed by atoms with E-state index in [0.29, 0.717) is 29.1 Å². The van der Waals surface area contributed by atoms with E-state index in [-0.39, 0.29) is 23.3 Å². The molecule has 28 heavy (non-hydrogen) atoms. The van der Waals surface area contributed by atoms with E-state index in [1.807, 2.05) is 0 Å². The number of imidazole rings is 1. The lowest BCUT2D eigenvalue weighted by molar-refractivity contribution is 0.0319. The quantitative estimate of drug-likeness (QED) is 0.668. The molecular formula is C18H15FN5O3S-. The highest BCUT2D eigenvalue weighted by atomic mass is 32.2. The number of ether oxygens (including phenoxy) is 1. The number of halogens is 1. The second-order valence-electron chi connectivity index (χ2n) is 6.04. The van der Waals surface area contributed by atoms with Crippen molar-refractivity contribution >= 4 is 17.0 Å². The first-order chi connectivity index (χ1) is 13.5. The average molecular weight is 400 g/mol.